The number of nitrogens with zero attached hydrogens (tertiary/aromatic N) is 2. The third-order valence-corrected chi connectivity index (χ3v) is 5.54. The van der Waals surface area contributed by atoms with Crippen LogP contribution >= 0.6 is 0 Å². The van der Waals surface area contributed by atoms with Gasteiger partial charge in [0.05, 0.1) is 26.2 Å². The lowest BCUT2D eigenvalue weighted by Crippen LogP contribution is -2.24. The second-order valence-corrected chi connectivity index (χ2v) is 6.88. The van der Waals surface area contributed by atoms with Crippen molar-refractivity contribution in [3.63, 3.8) is 0 Å². The number of hydrogen-bond acceptors (Lipinski definition) is 6. The Kier molecular flexibility index (Phi) is 4.37. The standard InChI is InChI=1S/C19H24N2O4/c1-22-15-6-5-14(11-16(15)23-2)19(8-3-4-9-19)18-20-17(21-25-18)13-7-10-24-12-13/h5-6,11,13H,3-4,7-10,12H2,1-2H3/t13-/m1/s1. The molecule has 2 heterocycles. The number of aromatic nitrogens is 2. The van der Waals surface area contributed by atoms with Crippen LogP contribution in [0.25, 0.3) is 0 Å². The van der Waals surface area contributed by atoms with Crippen LogP contribution in [0.5, 0.6) is 11.5 Å². The summed E-state index contributed by atoms with van der Waals surface area (Å²) in [5.41, 5.74) is 0.921. The van der Waals surface area contributed by atoms with Gasteiger partial charge in [0.25, 0.3) is 0 Å². The number of benzene rings is 1. The van der Waals surface area contributed by atoms with Crippen LogP contribution in [0.2, 0.25) is 0 Å². The fourth-order valence-corrected chi connectivity index (χ4v) is 4.07. The summed E-state index contributed by atoms with van der Waals surface area (Å²) in [5.74, 6) is 3.21. The quantitative estimate of drug-likeness (QED) is 0.828. The summed E-state index contributed by atoms with van der Waals surface area (Å²) in [7, 11) is 3.31. The molecule has 0 spiro atoms. The summed E-state index contributed by atoms with van der Waals surface area (Å²) in [5, 5.41) is 4.27. The topological polar surface area (TPSA) is 66.6 Å². The highest BCUT2D eigenvalue weighted by Crippen LogP contribution is 2.47. The molecule has 0 amide bonds. The van der Waals surface area contributed by atoms with Crippen molar-refractivity contribution in [2.45, 2.75) is 43.4 Å². The van der Waals surface area contributed by atoms with Gasteiger partial charge >= 0.3 is 0 Å². The van der Waals surface area contributed by atoms with Crippen LogP contribution in [-0.4, -0.2) is 37.6 Å². The van der Waals surface area contributed by atoms with E-state index < -0.39 is 0 Å². The van der Waals surface area contributed by atoms with Crippen LogP contribution in [0.3, 0.4) is 0 Å². The molecule has 0 N–H and O–H groups in total. The number of rotatable bonds is 5. The van der Waals surface area contributed by atoms with E-state index in [1.54, 1.807) is 14.2 Å². The minimum Gasteiger partial charge on any atom is -0.493 e. The van der Waals surface area contributed by atoms with Gasteiger partial charge in [-0.2, -0.15) is 4.98 Å². The third kappa shape index (κ3) is 2.78. The van der Waals surface area contributed by atoms with Gasteiger partial charge in [-0.1, -0.05) is 24.1 Å². The van der Waals surface area contributed by atoms with Gasteiger partial charge in [0.1, 0.15) is 0 Å². The second-order valence-electron chi connectivity index (χ2n) is 6.88. The molecule has 1 saturated heterocycles. The molecule has 0 radical (unpaired) electrons. The molecular formula is C19H24N2O4. The Balaban J connectivity index is 1.73. The average Bonchev–Trinajstić information content (AvgIpc) is 3.41. The predicted octanol–water partition coefficient (Wildman–Crippen LogP) is 3.45. The van der Waals surface area contributed by atoms with Crippen LogP contribution in [0, 0.1) is 0 Å². The summed E-state index contributed by atoms with van der Waals surface area (Å²) in [4.78, 5) is 4.79. The van der Waals surface area contributed by atoms with Crippen molar-refractivity contribution in [2.75, 3.05) is 27.4 Å². The minimum absolute atomic E-state index is 0.232. The molecule has 6 nitrogen and oxygen atoms in total. The number of ether oxygens (including phenoxy) is 3. The molecule has 6 heteroatoms. The largest absolute Gasteiger partial charge is 0.493 e. The summed E-state index contributed by atoms with van der Waals surface area (Å²) in [6.45, 7) is 1.46. The van der Waals surface area contributed by atoms with Gasteiger partial charge in [0, 0.05) is 12.5 Å². The zero-order valence-electron chi connectivity index (χ0n) is 14.8. The van der Waals surface area contributed by atoms with E-state index in [-0.39, 0.29) is 11.3 Å². The maximum Gasteiger partial charge on any atom is 0.237 e. The van der Waals surface area contributed by atoms with E-state index in [4.69, 9.17) is 23.7 Å². The molecule has 2 aliphatic rings. The van der Waals surface area contributed by atoms with E-state index >= 15 is 0 Å². The van der Waals surface area contributed by atoms with Crippen LogP contribution < -0.4 is 9.47 Å². The zero-order valence-corrected chi connectivity index (χ0v) is 14.8. The fourth-order valence-electron chi connectivity index (χ4n) is 4.07. The highest BCUT2D eigenvalue weighted by molar-refractivity contribution is 5.47. The number of methoxy groups -OCH3 is 2. The zero-order chi connectivity index (χ0) is 17.3. The molecule has 0 unspecified atom stereocenters. The third-order valence-electron chi connectivity index (χ3n) is 5.54. The van der Waals surface area contributed by atoms with E-state index in [2.05, 4.69) is 11.2 Å². The Bertz CT molecular complexity index is 731. The van der Waals surface area contributed by atoms with Gasteiger partial charge in [0.2, 0.25) is 5.89 Å². The molecule has 2 aromatic rings. The SMILES string of the molecule is COc1ccc(C2(c3nc([C@@H]4CCOC4)no3)CCCC2)cc1OC. The Morgan fingerprint density at radius 2 is 1.92 bits per heavy atom. The average molecular weight is 344 g/mol. The maximum absolute atomic E-state index is 5.76. The van der Waals surface area contributed by atoms with Crippen molar-refractivity contribution < 1.29 is 18.7 Å². The number of hydrogen-bond donors (Lipinski definition) is 0. The fraction of sp³-hybridized carbons (Fsp3) is 0.579. The summed E-state index contributed by atoms with van der Waals surface area (Å²) in [6.07, 6.45) is 5.27. The molecule has 1 aromatic carbocycles. The predicted molar refractivity (Wildman–Crippen MR) is 91.3 cm³/mol. The van der Waals surface area contributed by atoms with Gasteiger partial charge in [-0.15, -0.1) is 0 Å². The molecule has 1 atom stereocenters. The van der Waals surface area contributed by atoms with Crippen LogP contribution in [0.15, 0.2) is 22.7 Å². The van der Waals surface area contributed by atoms with E-state index in [1.165, 1.54) is 0 Å². The van der Waals surface area contributed by atoms with Gasteiger partial charge in [-0.05, 0) is 37.0 Å². The lowest BCUT2D eigenvalue weighted by Gasteiger charge is -2.26. The minimum atomic E-state index is -0.232. The van der Waals surface area contributed by atoms with Crippen LogP contribution in [0.1, 0.15) is 55.3 Å². The van der Waals surface area contributed by atoms with Gasteiger partial charge < -0.3 is 18.7 Å². The Morgan fingerprint density at radius 1 is 1.12 bits per heavy atom. The van der Waals surface area contributed by atoms with Crippen molar-refractivity contribution in [3.05, 3.63) is 35.5 Å². The molecule has 0 bridgehead atoms. The Hall–Kier alpha value is -2.08. The first-order valence-corrected chi connectivity index (χ1v) is 8.91. The molecule has 2 fully saturated rings. The van der Waals surface area contributed by atoms with Crippen molar-refractivity contribution >= 4 is 0 Å². The van der Waals surface area contributed by atoms with E-state index in [9.17, 15) is 0 Å². The molecule has 25 heavy (non-hydrogen) atoms. The highest BCUT2D eigenvalue weighted by atomic mass is 16.5. The van der Waals surface area contributed by atoms with Crippen molar-refractivity contribution in [1.82, 2.24) is 10.1 Å². The lowest BCUT2D eigenvalue weighted by atomic mass is 9.78. The van der Waals surface area contributed by atoms with Crippen LogP contribution in [0.4, 0.5) is 0 Å². The highest BCUT2D eigenvalue weighted by Gasteiger charge is 2.43. The molecular weight excluding hydrogens is 320 g/mol. The van der Waals surface area contributed by atoms with Gasteiger partial charge in [-0.25, -0.2) is 0 Å². The summed E-state index contributed by atoms with van der Waals surface area (Å²) < 4.78 is 22.1. The maximum atomic E-state index is 5.76. The molecule has 1 aliphatic heterocycles. The first-order chi connectivity index (χ1) is 12.3. The monoisotopic (exact) mass is 344 g/mol. The Morgan fingerprint density at radius 3 is 2.60 bits per heavy atom. The lowest BCUT2D eigenvalue weighted by molar-refractivity contribution is 0.192. The van der Waals surface area contributed by atoms with Gasteiger partial charge in [-0.3, -0.25) is 0 Å². The first-order valence-electron chi connectivity index (χ1n) is 8.91. The van der Waals surface area contributed by atoms with Crippen molar-refractivity contribution in [3.8, 4) is 11.5 Å². The van der Waals surface area contributed by atoms with Crippen LogP contribution in [-0.2, 0) is 10.2 Å². The molecule has 134 valence electrons. The summed E-state index contributed by atoms with van der Waals surface area (Å²) in [6, 6.07) is 6.10. The smallest absolute Gasteiger partial charge is 0.237 e. The van der Waals surface area contributed by atoms with Crippen molar-refractivity contribution in [2.24, 2.45) is 0 Å². The van der Waals surface area contributed by atoms with E-state index in [0.717, 1.165) is 67.5 Å². The first kappa shape index (κ1) is 16.4. The molecule has 1 aromatic heterocycles. The normalized spacial score (nSPS) is 22.2. The molecule has 1 saturated carbocycles. The summed E-state index contributed by atoms with van der Waals surface area (Å²) >= 11 is 0. The molecule has 4 rings (SSSR count). The van der Waals surface area contributed by atoms with E-state index in [1.807, 2.05) is 12.1 Å². The van der Waals surface area contributed by atoms with Crippen molar-refractivity contribution in [1.29, 1.82) is 0 Å². The molecule has 1 aliphatic carbocycles. The second kappa shape index (κ2) is 6.67. The Labute approximate surface area is 147 Å². The van der Waals surface area contributed by atoms with Gasteiger partial charge in [0.15, 0.2) is 17.3 Å². The van der Waals surface area contributed by atoms with E-state index in [0.29, 0.717) is 6.61 Å².